The Morgan fingerprint density at radius 1 is 1.14 bits per heavy atom. The first-order chi connectivity index (χ1) is 10.1. The van der Waals surface area contributed by atoms with Gasteiger partial charge in [-0.2, -0.15) is 0 Å². The lowest BCUT2D eigenvalue weighted by atomic mass is 10.1. The van der Waals surface area contributed by atoms with Crippen LogP contribution in [0.15, 0.2) is 42.7 Å². The molecule has 0 radical (unpaired) electrons. The summed E-state index contributed by atoms with van der Waals surface area (Å²) < 4.78 is 0. The van der Waals surface area contributed by atoms with Gasteiger partial charge in [0.1, 0.15) is 0 Å². The number of carbonyl (C=O) groups excluding carboxylic acids is 2. The van der Waals surface area contributed by atoms with E-state index >= 15 is 0 Å². The van der Waals surface area contributed by atoms with Crippen molar-refractivity contribution in [3.63, 3.8) is 0 Å². The van der Waals surface area contributed by atoms with E-state index in [1.807, 2.05) is 32.2 Å². The van der Waals surface area contributed by atoms with E-state index in [1.54, 1.807) is 12.1 Å². The van der Waals surface area contributed by atoms with Crippen LogP contribution in [-0.4, -0.2) is 23.8 Å². The van der Waals surface area contributed by atoms with Gasteiger partial charge in [0.25, 0.3) is 11.8 Å². The number of hydrogen-bond acceptors (Lipinski definition) is 4. The number of imide groups is 1. The predicted molar refractivity (Wildman–Crippen MR) is 79.3 cm³/mol. The molecule has 0 aliphatic carbocycles. The van der Waals surface area contributed by atoms with Gasteiger partial charge < -0.3 is 5.32 Å². The first-order valence-electron chi connectivity index (χ1n) is 6.73. The van der Waals surface area contributed by atoms with Crippen molar-refractivity contribution < 1.29 is 9.59 Å². The zero-order valence-electron chi connectivity index (χ0n) is 11.8. The minimum atomic E-state index is -0.322. The lowest BCUT2D eigenvalue weighted by Crippen LogP contribution is -2.29. The number of carbonyl (C=O) groups is 2. The average molecular weight is 281 g/mol. The molecule has 1 atom stereocenters. The standard InChI is InChI=1S/C16H15N3O2/c1-10(17-2)11-4-3-5-12(8-11)19-15(20)13-6-7-18-9-14(13)16(19)21/h3-10,17H,1-2H3. The van der Waals surface area contributed by atoms with Crippen molar-refractivity contribution in [2.45, 2.75) is 13.0 Å². The Kier molecular flexibility index (Phi) is 3.27. The van der Waals surface area contributed by atoms with Gasteiger partial charge in [-0.25, -0.2) is 4.90 Å². The summed E-state index contributed by atoms with van der Waals surface area (Å²) in [6.07, 6.45) is 2.96. The maximum atomic E-state index is 12.4. The summed E-state index contributed by atoms with van der Waals surface area (Å²) >= 11 is 0. The zero-order valence-corrected chi connectivity index (χ0v) is 11.8. The molecule has 1 aliphatic rings. The van der Waals surface area contributed by atoms with Crippen LogP contribution < -0.4 is 10.2 Å². The van der Waals surface area contributed by atoms with E-state index in [0.717, 1.165) is 5.56 Å². The zero-order chi connectivity index (χ0) is 15.0. The number of pyridine rings is 1. The summed E-state index contributed by atoms with van der Waals surface area (Å²) in [5, 5.41) is 3.14. The molecule has 0 fully saturated rings. The molecular formula is C16H15N3O2. The quantitative estimate of drug-likeness (QED) is 0.876. The van der Waals surface area contributed by atoms with E-state index in [9.17, 15) is 9.59 Å². The van der Waals surface area contributed by atoms with Gasteiger partial charge >= 0.3 is 0 Å². The van der Waals surface area contributed by atoms with Gasteiger partial charge in [0.05, 0.1) is 16.8 Å². The monoisotopic (exact) mass is 281 g/mol. The Morgan fingerprint density at radius 3 is 2.62 bits per heavy atom. The number of benzene rings is 1. The number of aromatic nitrogens is 1. The van der Waals surface area contributed by atoms with Crippen LogP contribution in [0.3, 0.4) is 0 Å². The molecule has 5 nitrogen and oxygen atoms in total. The van der Waals surface area contributed by atoms with Crippen LogP contribution in [0.5, 0.6) is 0 Å². The highest BCUT2D eigenvalue weighted by molar-refractivity contribution is 6.34. The molecular weight excluding hydrogens is 266 g/mol. The van der Waals surface area contributed by atoms with Crippen molar-refractivity contribution in [2.24, 2.45) is 0 Å². The minimum Gasteiger partial charge on any atom is -0.313 e. The summed E-state index contributed by atoms with van der Waals surface area (Å²) in [4.78, 5) is 30.0. The third-order valence-electron chi connectivity index (χ3n) is 3.75. The van der Waals surface area contributed by atoms with Gasteiger partial charge in [0.15, 0.2) is 0 Å². The second kappa shape index (κ2) is 5.10. The fraction of sp³-hybridized carbons (Fsp3) is 0.188. The number of nitrogens with zero attached hydrogens (tertiary/aromatic N) is 2. The molecule has 21 heavy (non-hydrogen) atoms. The topological polar surface area (TPSA) is 62.3 Å². The van der Waals surface area contributed by atoms with Gasteiger partial charge in [-0.3, -0.25) is 14.6 Å². The molecule has 2 aromatic rings. The molecule has 1 aliphatic heterocycles. The second-order valence-corrected chi connectivity index (χ2v) is 4.97. The number of amides is 2. The third-order valence-corrected chi connectivity index (χ3v) is 3.75. The number of rotatable bonds is 3. The van der Waals surface area contributed by atoms with Crippen LogP contribution in [0, 0.1) is 0 Å². The molecule has 0 saturated carbocycles. The maximum absolute atomic E-state index is 12.4. The molecule has 3 rings (SSSR count). The molecule has 0 saturated heterocycles. The molecule has 1 N–H and O–H groups in total. The van der Waals surface area contributed by atoms with E-state index in [1.165, 1.54) is 17.3 Å². The first kappa shape index (κ1) is 13.5. The first-order valence-corrected chi connectivity index (χ1v) is 6.73. The van der Waals surface area contributed by atoms with E-state index in [4.69, 9.17) is 0 Å². The second-order valence-electron chi connectivity index (χ2n) is 4.97. The summed E-state index contributed by atoms with van der Waals surface area (Å²) in [7, 11) is 1.87. The average Bonchev–Trinajstić information content (AvgIpc) is 2.78. The van der Waals surface area contributed by atoms with Crippen molar-refractivity contribution in [3.05, 3.63) is 59.4 Å². The molecule has 0 bridgehead atoms. The van der Waals surface area contributed by atoms with Crippen LogP contribution in [0.1, 0.15) is 39.2 Å². The fourth-order valence-corrected chi connectivity index (χ4v) is 2.42. The van der Waals surface area contributed by atoms with Crippen molar-refractivity contribution in [3.8, 4) is 0 Å². The molecule has 106 valence electrons. The van der Waals surface area contributed by atoms with Gasteiger partial charge in [-0.15, -0.1) is 0 Å². The number of anilines is 1. The summed E-state index contributed by atoms with van der Waals surface area (Å²) in [6, 6.07) is 9.15. The third kappa shape index (κ3) is 2.11. The van der Waals surface area contributed by atoms with Crippen LogP contribution in [-0.2, 0) is 0 Å². The number of nitrogens with one attached hydrogen (secondary N) is 1. The highest BCUT2D eigenvalue weighted by Crippen LogP contribution is 2.29. The number of hydrogen-bond donors (Lipinski definition) is 1. The van der Waals surface area contributed by atoms with Crippen LogP contribution >= 0.6 is 0 Å². The Morgan fingerprint density at radius 2 is 1.90 bits per heavy atom. The van der Waals surface area contributed by atoms with Crippen molar-refractivity contribution in [1.82, 2.24) is 10.3 Å². The molecule has 1 aromatic carbocycles. The Labute approximate surface area is 122 Å². The van der Waals surface area contributed by atoms with Gasteiger partial charge in [0.2, 0.25) is 0 Å². The van der Waals surface area contributed by atoms with Crippen molar-refractivity contribution >= 4 is 17.5 Å². The van der Waals surface area contributed by atoms with E-state index in [2.05, 4.69) is 10.3 Å². The van der Waals surface area contributed by atoms with Crippen LogP contribution in [0.2, 0.25) is 0 Å². The summed E-state index contributed by atoms with van der Waals surface area (Å²) in [5.74, 6) is -0.621. The lowest BCUT2D eigenvalue weighted by molar-refractivity contribution is 0.0926. The van der Waals surface area contributed by atoms with Gasteiger partial charge in [-0.1, -0.05) is 12.1 Å². The van der Waals surface area contributed by atoms with Gasteiger partial charge in [-0.05, 0) is 37.7 Å². The highest BCUT2D eigenvalue weighted by Gasteiger charge is 2.36. The Balaban J connectivity index is 2.03. The fourth-order valence-electron chi connectivity index (χ4n) is 2.42. The summed E-state index contributed by atoms with van der Waals surface area (Å²) in [5.41, 5.74) is 2.36. The van der Waals surface area contributed by atoms with E-state index in [-0.39, 0.29) is 17.9 Å². The predicted octanol–water partition coefficient (Wildman–Crippen LogP) is 2.16. The number of fused-ring (bicyclic) bond motifs is 1. The molecule has 1 aromatic heterocycles. The largest absolute Gasteiger partial charge is 0.313 e. The normalized spacial score (nSPS) is 15.2. The molecule has 2 amide bonds. The molecule has 0 spiro atoms. The smallest absolute Gasteiger partial charge is 0.267 e. The highest BCUT2D eigenvalue weighted by atomic mass is 16.2. The maximum Gasteiger partial charge on any atom is 0.267 e. The Bertz CT molecular complexity index is 692. The van der Waals surface area contributed by atoms with E-state index in [0.29, 0.717) is 16.8 Å². The lowest BCUT2D eigenvalue weighted by Gasteiger charge is -2.17. The van der Waals surface area contributed by atoms with Gasteiger partial charge in [0, 0.05) is 18.4 Å². The Hall–Kier alpha value is -2.53. The van der Waals surface area contributed by atoms with Crippen molar-refractivity contribution in [1.29, 1.82) is 0 Å². The minimum absolute atomic E-state index is 0.141. The SMILES string of the molecule is CNC(C)c1cccc(N2C(=O)c3ccncc3C2=O)c1. The summed E-state index contributed by atoms with van der Waals surface area (Å²) in [6.45, 7) is 2.02. The molecule has 1 unspecified atom stereocenters. The van der Waals surface area contributed by atoms with Crippen LogP contribution in [0.25, 0.3) is 0 Å². The molecule has 5 heteroatoms. The molecule has 2 heterocycles. The van der Waals surface area contributed by atoms with Crippen molar-refractivity contribution in [2.75, 3.05) is 11.9 Å². The van der Waals surface area contributed by atoms with Crippen LogP contribution in [0.4, 0.5) is 5.69 Å². The van der Waals surface area contributed by atoms with E-state index < -0.39 is 0 Å².